The number of hydrogen-bond donors (Lipinski definition) is 1. The number of anilines is 2. The van der Waals surface area contributed by atoms with E-state index in [0.717, 1.165) is 25.9 Å². The van der Waals surface area contributed by atoms with Crippen LogP contribution in [0.15, 0.2) is 54.6 Å². The summed E-state index contributed by atoms with van der Waals surface area (Å²) in [6.45, 7) is 2.04. The molecule has 1 fully saturated rings. The van der Waals surface area contributed by atoms with Crippen LogP contribution in [-0.2, 0) is 11.4 Å². The Kier molecular flexibility index (Phi) is 6.27. The quantitative estimate of drug-likeness (QED) is 0.620. The summed E-state index contributed by atoms with van der Waals surface area (Å²) in [6.07, 6.45) is 1.65. The summed E-state index contributed by atoms with van der Waals surface area (Å²) < 4.78 is 5.67. The number of para-hydroxylation sites is 1. The summed E-state index contributed by atoms with van der Waals surface area (Å²) in [7, 11) is 0. The molecule has 2 heterocycles. The highest BCUT2D eigenvalue weighted by molar-refractivity contribution is 7.15. The van der Waals surface area contributed by atoms with E-state index in [1.54, 1.807) is 24.3 Å². The van der Waals surface area contributed by atoms with E-state index in [1.165, 1.54) is 17.0 Å². The van der Waals surface area contributed by atoms with Gasteiger partial charge in [0, 0.05) is 29.7 Å². The Morgan fingerprint density at radius 3 is 2.55 bits per heavy atom. The second-order valence-corrected chi connectivity index (χ2v) is 8.33. The molecule has 0 saturated carbocycles. The average Bonchev–Trinajstić information content (AvgIpc) is 3.21. The molecule has 1 aliphatic heterocycles. The third-order valence-corrected chi connectivity index (χ3v) is 5.92. The predicted molar refractivity (Wildman–Crippen MR) is 116 cm³/mol. The van der Waals surface area contributed by atoms with E-state index in [0.29, 0.717) is 27.5 Å². The third kappa shape index (κ3) is 5.25. The largest absolute Gasteiger partial charge is 0.486 e. The molecule has 1 N–H and O–H groups in total. The van der Waals surface area contributed by atoms with E-state index in [2.05, 4.69) is 32.5 Å². The first-order chi connectivity index (χ1) is 14.2. The second-order valence-electron chi connectivity index (χ2n) is 6.83. The minimum atomic E-state index is -0.00682. The van der Waals surface area contributed by atoms with Crippen molar-refractivity contribution in [3.63, 3.8) is 0 Å². The minimum absolute atomic E-state index is 0.00682. The molecule has 0 bridgehead atoms. The van der Waals surface area contributed by atoms with Crippen LogP contribution in [0.3, 0.4) is 0 Å². The Morgan fingerprint density at radius 1 is 1.10 bits per heavy atom. The molecule has 1 amide bonds. The van der Waals surface area contributed by atoms with Crippen molar-refractivity contribution in [2.75, 3.05) is 23.3 Å². The van der Waals surface area contributed by atoms with Gasteiger partial charge in [0.2, 0.25) is 11.0 Å². The highest BCUT2D eigenvalue weighted by Gasteiger charge is 2.25. The fourth-order valence-electron chi connectivity index (χ4n) is 3.28. The van der Waals surface area contributed by atoms with Gasteiger partial charge in [-0.1, -0.05) is 41.1 Å². The maximum Gasteiger partial charge on any atom is 0.229 e. The van der Waals surface area contributed by atoms with Crippen LogP contribution in [-0.4, -0.2) is 29.2 Å². The van der Waals surface area contributed by atoms with Crippen molar-refractivity contribution >= 4 is 39.7 Å². The molecule has 29 heavy (non-hydrogen) atoms. The highest BCUT2D eigenvalue weighted by atomic mass is 35.5. The minimum Gasteiger partial charge on any atom is -0.486 e. The highest BCUT2D eigenvalue weighted by Crippen LogP contribution is 2.25. The Bertz CT molecular complexity index is 941. The monoisotopic (exact) mass is 428 g/mol. The normalized spacial score (nSPS) is 14.6. The van der Waals surface area contributed by atoms with Crippen molar-refractivity contribution in [3.8, 4) is 5.75 Å². The Labute approximate surface area is 178 Å². The smallest absolute Gasteiger partial charge is 0.229 e. The van der Waals surface area contributed by atoms with E-state index in [9.17, 15) is 4.79 Å². The molecular formula is C21H21ClN4O2S. The molecule has 1 aromatic heterocycles. The zero-order valence-electron chi connectivity index (χ0n) is 15.8. The molecule has 0 aliphatic carbocycles. The number of hydrogen-bond acceptors (Lipinski definition) is 6. The van der Waals surface area contributed by atoms with Crippen molar-refractivity contribution in [1.29, 1.82) is 0 Å². The second kappa shape index (κ2) is 9.24. The standard InChI is InChI=1S/C21H21ClN4O2S/c22-16-6-8-18(9-7-16)28-14-19-24-25-21(29-19)23-20(27)15-10-12-26(13-11-15)17-4-2-1-3-5-17/h1-9,15H,10-14H2,(H,23,25,27). The lowest BCUT2D eigenvalue weighted by Crippen LogP contribution is -2.38. The Balaban J connectivity index is 1.25. The molecular weight excluding hydrogens is 408 g/mol. The van der Waals surface area contributed by atoms with E-state index in [-0.39, 0.29) is 11.8 Å². The van der Waals surface area contributed by atoms with Crippen LogP contribution in [0, 0.1) is 5.92 Å². The van der Waals surface area contributed by atoms with Crippen molar-refractivity contribution in [1.82, 2.24) is 10.2 Å². The van der Waals surface area contributed by atoms with Gasteiger partial charge in [0.05, 0.1) is 0 Å². The zero-order chi connectivity index (χ0) is 20.1. The fraction of sp³-hybridized carbons (Fsp3) is 0.286. The topological polar surface area (TPSA) is 67.3 Å². The maximum absolute atomic E-state index is 12.6. The number of nitrogens with one attached hydrogen (secondary N) is 1. The van der Waals surface area contributed by atoms with Crippen LogP contribution in [0.5, 0.6) is 5.75 Å². The number of ether oxygens (including phenoxy) is 1. The van der Waals surface area contributed by atoms with E-state index >= 15 is 0 Å². The number of carbonyl (C=O) groups is 1. The van der Waals surface area contributed by atoms with Gasteiger partial charge in [0.15, 0.2) is 5.01 Å². The van der Waals surface area contributed by atoms with Gasteiger partial charge in [-0.3, -0.25) is 4.79 Å². The van der Waals surface area contributed by atoms with E-state index in [1.807, 2.05) is 18.2 Å². The molecule has 0 atom stereocenters. The molecule has 0 unspecified atom stereocenters. The summed E-state index contributed by atoms with van der Waals surface area (Å²) in [5, 5.41) is 12.9. The molecule has 4 rings (SSSR count). The van der Waals surface area contributed by atoms with Crippen molar-refractivity contribution in [2.45, 2.75) is 19.4 Å². The molecule has 2 aromatic carbocycles. The molecule has 150 valence electrons. The lowest BCUT2D eigenvalue weighted by molar-refractivity contribution is -0.120. The lowest BCUT2D eigenvalue weighted by atomic mass is 9.95. The zero-order valence-corrected chi connectivity index (χ0v) is 17.3. The Morgan fingerprint density at radius 2 is 1.83 bits per heavy atom. The summed E-state index contributed by atoms with van der Waals surface area (Å²) >= 11 is 7.19. The maximum atomic E-state index is 12.6. The fourth-order valence-corrected chi connectivity index (χ4v) is 4.07. The summed E-state index contributed by atoms with van der Waals surface area (Å²) in [5.41, 5.74) is 1.21. The van der Waals surface area contributed by atoms with E-state index < -0.39 is 0 Å². The van der Waals surface area contributed by atoms with Gasteiger partial charge in [-0.2, -0.15) is 0 Å². The molecule has 1 saturated heterocycles. The van der Waals surface area contributed by atoms with E-state index in [4.69, 9.17) is 16.3 Å². The molecule has 3 aromatic rings. The van der Waals surface area contributed by atoms with Gasteiger partial charge in [-0.05, 0) is 49.2 Å². The van der Waals surface area contributed by atoms with Crippen LogP contribution < -0.4 is 15.0 Å². The number of aromatic nitrogens is 2. The van der Waals surface area contributed by atoms with Gasteiger partial charge in [-0.25, -0.2) is 0 Å². The summed E-state index contributed by atoms with van der Waals surface area (Å²) in [6, 6.07) is 17.4. The third-order valence-electron chi connectivity index (χ3n) is 4.86. The number of amides is 1. The van der Waals surface area contributed by atoms with Crippen LogP contribution >= 0.6 is 22.9 Å². The van der Waals surface area contributed by atoms with Crippen molar-refractivity contribution in [3.05, 3.63) is 64.6 Å². The lowest BCUT2D eigenvalue weighted by Gasteiger charge is -2.32. The number of benzene rings is 2. The number of carbonyl (C=O) groups excluding carboxylic acids is 1. The van der Waals surface area contributed by atoms with Gasteiger partial charge in [0.25, 0.3) is 0 Å². The SMILES string of the molecule is O=C(Nc1nnc(COc2ccc(Cl)cc2)s1)C1CCN(c2ccccc2)CC1. The van der Waals surface area contributed by atoms with Crippen molar-refractivity contribution < 1.29 is 9.53 Å². The van der Waals surface area contributed by atoms with Crippen LogP contribution in [0.25, 0.3) is 0 Å². The number of nitrogens with zero attached hydrogens (tertiary/aromatic N) is 3. The molecule has 0 spiro atoms. The van der Waals surface area contributed by atoms with Crippen LogP contribution in [0.4, 0.5) is 10.8 Å². The number of halogens is 1. The first-order valence-corrected chi connectivity index (χ1v) is 10.7. The predicted octanol–water partition coefficient (Wildman–Crippen LogP) is 4.63. The molecule has 8 heteroatoms. The summed E-state index contributed by atoms with van der Waals surface area (Å²) in [4.78, 5) is 14.9. The van der Waals surface area contributed by atoms with Gasteiger partial charge < -0.3 is 15.0 Å². The first kappa shape index (κ1) is 19.7. The number of rotatable bonds is 6. The van der Waals surface area contributed by atoms with Crippen LogP contribution in [0.2, 0.25) is 5.02 Å². The van der Waals surface area contributed by atoms with Crippen LogP contribution in [0.1, 0.15) is 17.8 Å². The van der Waals surface area contributed by atoms with Gasteiger partial charge in [0.1, 0.15) is 12.4 Å². The number of piperidine rings is 1. The summed E-state index contributed by atoms with van der Waals surface area (Å²) in [5.74, 6) is 0.715. The first-order valence-electron chi connectivity index (χ1n) is 9.49. The average molecular weight is 429 g/mol. The van der Waals surface area contributed by atoms with Gasteiger partial charge in [-0.15, -0.1) is 10.2 Å². The van der Waals surface area contributed by atoms with Crippen molar-refractivity contribution in [2.24, 2.45) is 5.92 Å². The molecule has 6 nitrogen and oxygen atoms in total. The Hall–Kier alpha value is -2.64. The van der Waals surface area contributed by atoms with Gasteiger partial charge >= 0.3 is 0 Å². The molecule has 0 radical (unpaired) electrons. The molecule has 1 aliphatic rings.